The van der Waals surface area contributed by atoms with E-state index in [1.165, 1.54) is 0 Å². The Morgan fingerprint density at radius 3 is 2.51 bits per heavy atom. The van der Waals surface area contributed by atoms with Crippen LogP contribution in [-0.2, 0) is 17.8 Å². The smallest absolute Gasteiger partial charge is 0.290 e. The number of amides is 1. The normalized spacial score (nSPS) is 17.5. The molecule has 4 aromatic rings. The molecule has 39 heavy (non-hydrogen) atoms. The molecule has 0 spiro atoms. The maximum atomic E-state index is 14.0. The van der Waals surface area contributed by atoms with Gasteiger partial charge in [0, 0.05) is 26.2 Å². The molecule has 3 heterocycles. The highest BCUT2D eigenvalue weighted by molar-refractivity contribution is 5.99. The molecule has 1 atom stereocenters. The number of fused-ring (bicyclic) bond motifs is 2. The lowest BCUT2D eigenvalue weighted by Gasteiger charge is -2.31. The van der Waals surface area contributed by atoms with E-state index in [1.807, 2.05) is 66.7 Å². The summed E-state index contributed by atoms with van der Waals surface area (Å²) in [5, 5.41) is 0.511. The van der Waals surface area contributed by atoms with Gasteiger partial charge in [-0.25, -0.2) is 0 Å². The summed E-state index contributed by atoms with van der Waals surface area (Å²) in [5.74, 6) is 0.570. The van der Waals surface area contributed by atoms with Crippen LogP contribution in [-0.4, -0.2) is 55.1 Å². The van der Waals surface area contributed by atoms with Crippen molar-refractivity contribution in [2.75, 3.05) is 39.4 Å². The molecule has 0 N–H and O–H groups in total. The third kappa shape index (κ3) is 5.07. The van der Waals surface area contributed by atoms with Crippen LogP contribution in [0.25, 0.3) is 11.0 Å². The molecule has 1 fully saturated rings. The van der Waals surface area contributed by atoms with Gasteiger partial charge in [-0.15, -0.1) is 0 Å². The molecule has 1 unspecified atom stereocenters. The van der Waals surface area contributed by atoms with Crippen LogP contribution in [0, 0.1) is 0 Å². The van der Waals surface area contributed by atoms with Gasteiger partial charge < -0.3 is 18.8 Å². The lowest BCUT2D eigenvalue weighted by Crippen LogP contribution is -2.42. The number of carbonyl (C=O) groups is 1. The van der Waals surface area contributed by atoms with E-state index in [-0.39, 0.29) is 17.1 Å². The van der Waals surface area contributed by atoms with E-state index in [9.17, 15) is 9.59 Å². The average Bonchev–Trinajstić information content (AvgIpc) is 3.27. The Hall–Kier alpha value is -3.94. The number of nitrogens with zero attached hydrogens (tertiary/aromatic N) is 2. The van der Waals surface area contributed by atoms with Crippen LogP contribution in [0.2, 0.25) is 0 Å². The van der Waals surface area contributed by atoms with E-state index in [4.69, 9.17) is 13.9 Å². The van der Waals surface area contributed by atoms with Crippen LogP contribution in [0.3, 0.4) is 0 Å². The van der Waals surface area contributed by atoms with Crippen molar-refractivity contribution in [2.24, 2.45) is 0 Å². The summed E-state index contributed by atoms with van der Waals surface area (Å²) < 4.78 is 17.7. The fourth-order valence-corrected chi connectivity index (χ4v) is 5.45. The predicted molar refractivity (Wildman–Crippen MR) is 149 cm³/mol. The third-order valence-corrected chi connectivity index (χ3v) is 7.62. The first-order valence-corrected chi connectivity index (χ1v) is 13.6. The molecular formula is C32H32N2O5. The minimum atomic E-state index is -0.556. The molecule has 200 valence electrons. The highest BCUT2D eigenvalue weighted by Gasteiger charge is 2.42. The maximum absolute atomic E-state index is 14.0. The van der Waals surface area contributed by atoms with Gasteiger partial charge in [-0.3, -0.25) is 14.5 Å². The van der Waals surface area contributed by atoms with E-state index in [0.717, 1.165) is 36.2 Å². The third-order valence-electron chi connectivity index (χ3n) is 7.62. The van der Waals surface area contributed by atoms with E-state index in [1.54, 1.807) is 11.0 Å². The number of hydrogen-bond donors (Lipinski definition) is 0. The molecule has 0 saturated carbocycles. The predicted octanol–water partition coefficient (Wildman–Crippen LogP) is 4.81. The topological polar surface area (TPSA) is 72.2 Å². The summed E-state index contributed by atoms with van der Waals surface area (Å²) in [7, 11) is 0. The lowest BCUT2D eigenvalue weighted by atomic mass is 9.97. The number of benzene rings is 3. The van der Waals surface area contributed by atoms with Crippen LogP contribution in [0.1, 0.15) is 45.8 Å². The zero-order valence-corrected chi connectivity index (χ0v) is 22.1. The molecule has 0 aliphatic carbocycles. The van der Waals surface area contributed by atoms with E-state index >= 15 is 0 Å². The minimum absolute atomic E-state index is 0.138. The first-order valence-electron chi connectivity index (χ1n) is 13.6. The first-order chi connectivity index (χ1) is 19.1. The van der Waals surface area contributed by atoms with E-state index in [0.29, 0.717) is 55.2 Å². The Balaban J connectivity index is 1.39. The van der Waals surface area contributed by atoms with Crippen molar-refractivity contribution in [3.8, 4) is 5.75 Å². The van der Waals surface area contributed by atoms with Gasteiger partial charge in [0.2, 0.25) is 5.76 Å². The average molecular weight is 525 g/mol. The number of ether oxygens (including phenoxy) is 2. The second-order valence-electron chi connectivity index (χ2n) is 10.1. The number of hydrogen-bond acceptors (Lipinski definition) is 6. The molecule has 0 bridgehead atoms. The van der Waals surface area contributed by atoms with Crippen LogP contribution >= 0.6 is 0 Å². The molecule has 1 amide bonds. The number of aryl methyl sites for hydroxylation is 1. The number of carbonyl (C=O) groups excluding carboxylic acids is 1. The Bertz CT molecular complexity index is 1540. The molecule has 3 aromatic carbocycles. The second-order valence-corrected chi connectivity index (χ2v) is 10.1. The van der Waals surface area contributed by atoms with Gasteiger partial charge in [0.15, 0.2) is 5.43 Å². The van der Waals surface area contributed by atoms with Gasteiger partial charge in [0.05, 0.1) is 30.2 Å². The van der Waals surface area contributed by atoms with Crippen molar-refractivity contribution in [3.05, 3.63) is 111 Å². The lowest BCUT2D eigenvalue weighted by molar-refractivity contribution is 0.0314. The molecule has 7 heteroatoms. The van der Waals surface area contributed by atoms with Crippen molar-refractivity contribution in [1.29, 1.82) is 0 Å². The summed E-state index contributed by atoms with van der Waals surface area (Å²) in [6.45, 7) is 6.66. The first kappa shape index (κ1) is 25.3. The maximum Gasteiger partial charge on any atom is 0.290 e. The zero-order valence-electron chi connectivity index (χ0n) is 22.1. The largest absolute Gasteiger partial charge is 0.489 e. The van der Waals surface area contributed by atoms with E-state index < -0.39 is 6.04 Å². The zero-order chi connectivity index (χ0) is 26.8. The summed E-state index contributed by atoms with van der Waals surface area (Å²) in [4.78, 5) is 31.8. The fraction of sp³-hybridized carbons (Fsp3) is 0.312. The summed E-state index contributed by atoms with van der Waals surface area (Å²) in [6, 6.07) is 22.8. The Labute approximate surface area is 227 Å². The standard InChI is InChI=1S/C32H32N2O5/c1-2-22-11-12-27-26(19-22)30(35)28-29(24-9-6-10-25(20-24)38-21-23-7-4-3-5-8-23)34(32(36)31(28)39-27)14-13-33-15-17-37-18-16-33/h3-12,19-20,29H,2,13-18,21H2,1H3. The number of morpholine rings is 1. The number of rotatable bonds is 8. The van der Waals surface area contributed by atoms with Gasteiger partial charge in [-0.2, -0.15) is 0 Å². The molecule has 1 aromatic heterocycles. The van der Waals surface area contributed by atoms with Crippen LogP contribution in [0.4, 0.5) is 0 Å². The highest BCUT2D eigenvalue weighted by atomic mass is 16.5. The minimum Gasteiger partial charge on any atom is -0.489 e. The SMILES string of the molecule is CCc1ccc2oc3c(c(=O)c2c1)C(c1cccc(OCc2ccccc2)c1)N(CCN1CCOCC1)C3=O. The Kier molecular flexibility index (Phi) is 7.18. The quantitative estimate of drug-likeness (QED) is 0.329. The summed E-state index contributed by atoms with van der Waals surface area (Å²) in [6.07, 6.45) is 0.807. The fourth-order valence-electron chi connectivity index (χ4n) is 5.45. The molecule has 7 nitrogen and oxygen atoms in total. The second kappa shape index (κ2) is 11.0. The van der Waals surface area contributed by atoms with Crippen molar-refractivity contribution in [2.45, 2.75) is 26.0 Å². The molecule has 1 saturated heterocycles. The molecule has 2 aliphatic rings. The molecular weight excluding hydrogens is 492 g/mol. The van der Waals surface area contributed by atoms with Gasteiger partial charge in [0.1, 0.15) is 17.9 Å². The van der Waals surface area contributed by atoms with E-state index in [2.05, 4.69) is 11.8 Å². The van der Waals surface area contributed by atoms with Crippen LogP contribution in [0.5, 0.6) is 5.75 Å². The van der Waals surface area contributed by atoms with Crippen molar-refractivity contribution in [1.82, 2.24) is 9.80 Å². The van der Waals surface area contributed by atoms with Gasteiger partial charge in [0.25, 0.3) is 5.91 Å². The van der Waals surface area contributed by atoms with Gasteiger partial charge in [-0.1, -0.05) is 55.5 Å². The van der Waals surface area contributed by atoms with Crippen molar-refractivity contribution in [3.63, 3.8) is 0 Å². The van der Waals surface area contributed by atoms with Gasteiger partial charge in [-0.05, 0) is 47.4 Å². The highest BCUT2D eigenvalue weighted by Crippen LogP contribution is 2.39. The van der Waals surface area contributed by atoms with Crippen LogP contribution < -0.4 is 10.2 Å². The Morgan fingerprint density at radius 2 is 1.72 bits per heavy atom. The van der Waals surface area contributed by atoms with Crippen molar-refractivity contribution < 1.29 is 18.7 Å². The molecule has 0 radical (unpaired) electrons. The summed E-state index contributed by atoms with van der Waals surface area (Å²) >= 11 is 0. The van der Waals surface area contributed by atoms with Crippen molar-refractivity contribution >= 4 is 16.9 Å². The Morgan fingerprint density at radius 1 is 0.897 bits per heavy atom. The molecule has 6 rings (SSSR count). The monoisotopic (exact) mass is 524 g/mol. The van der Waals surface area contributed by atoms with Gasteiger partial charge >= 0.3 is 0 Å². The van der Waals surface area contributed by atoms with Crippen LogP contribution in [0.15, 0.2) is 82.0 Å². The molecule has 2 aliphatic heterocycles. The summed E-state index contributed by atoms with van der Waals surface area (Å²) in [5.41, 5.74) is 3.64.